The van der Waals surface area contributed by atoms with Gasteiger partial charge in [0.05, 0.1) is 10.8 Å². The lowest BCUT2D eigenvalue weighted by atomic mass is 9.74. The average Bonchev–Trinajstić information content (AvgIpc) is 3.07. The molecule has 0 radical (unpaired) electrons. The lowest BCUT2D eigenvalue weighted by molar-refractivity contribution is 0.0290. The Balaban J connectivity index is 1.95. The van der Waals surface area contributed by atoms with Crippen LogP contribution in [0.3, 0.4) is 0 Å². The highest BCUT2D eigenvalue weighted by molar-refractivity contribution is 6.30. The van der Waals surface area contributed by atoms with Gasteiger partial charge in [0.25, 0.3) is 0 Å². The van der Waals surface area contributed by atoms with Crippen LogP contribution in [-0.2, 0) is 15.6 Å². The number of rotatable bonds is 4. The smallest absolute Gasteiger partial charge is 0.234 e. The van der Waals surface area contributed by atoms with Gasteiger partial charge in [-0.2, -0.15) is 4.98 Å². The molecule has 0 amide bonds. The molecule has 0 saturated carbocycles. The van der Waals surface area contributed by atoms with Gasteiger partial charge in [-0.25, -0.2) is 0 Å². The zero-order valence-electron chi connectivity index (χ0n) is 14.4. The molecule has 2 heterocycles. The van der Waals surface area contributed by atoms with Gasteiger partial charge in [0.15, 0.2) is 5.82 Å². The summed E-state index contributed by atoms with van der Waals surface area (Å²) < 4.78 is 11.2. The molecule has 0 aliphatic carbocycles. The molecular formula is C18H24ClN3O2. The summed E-state index contributed by atoms with van der Waals surface area (Å²) in [6.07, 6.45) is 1.60. The lowest BCUT2D eigenvalue weighted by Gasteiger charge is -2.37. The molecule has 1 aliphatic heterocycles. The third-order valence-corrected chi connectivity index (χ3v) is 5.49. The monoisotopic (exact) mass is 349 g/mol. The quantitative estimate of drug-likeness (QED) is 0.915. The fraction of sp³-hybridized carbons (Fsp3) is 0.556. The van der Waals surface area contributed by atoms with Crippen molar-refractivity contribution in [2.24, 2.45) is 5.73 Å². The van der Waals surface area contributed by atoms with Gasteiger partial charge >= 0.3 is 0 Å². The minimum absolute atomic E-state index is 0.0756. The first-order valence-corrected chi connectivity index (χ1v) is 8.68. The largest absolute Gasteiger partial charge is 0.381 e. The zero-order chi connectivity index (χ0) is 17.4. The second kappa shape index (κ2) is 6.47. The highest BCUT2D eigenvalue weighted by Gasteiger charge is 2.44. The summed E-state index contributed by atoms with van der Waals surface area (Å²) in [5, 5.41) is 4.98. The Hall–Kier alpha value is -1.43. The molecule has 1 aliphatic rings. The Morgan fingerprint density at radius 2 is 1.83 bits per heavy atom. The standard InChI is InChI=1S/C18H24ClN3O2/c1-12(20)18(8-10-23-11-9-18)16-21-15(22-24-16)17(2,3)13-4-6-14(19)7-5-13/h4-7,12H,8-11,20H2,1-3H3. The molecule has 3 rings (SSSR count). The molecule has 24 heavy (non-hydrogen) atoms. The van der Waals surface area contributed by atoms with Crippen LogP contribution in [0.1, 0.15) is 50.9 Å². The van der Waals surface area contributed by atoms with E-state index in [1.165, 1.54) is 0 Å². The number of nitrogens with two attached hydrogens (primary N) is 1. The van der Waals surface area contributed by atoms with Crippen LogP contribution in [0.25, 0.3) is 0 Å². The summed E-state index contributed by atoms with van der Waals surface area (Å²) in [7, 11) is 0. The summed E-state index contributed by atoms with van der Waals surface area (Å²) in [4.78, 5) is 4.75. The number of hydrogen-bond acceptors (Lipinski definition) is 5. The second-order valence-corrected chi connectivity index (χ2v) is 7.55. The van der Waals surface area contributed by atoms with E-state index in [2.05, 4.69) is 19.0 Å². The van der Waals surface area contributed by atoms with Crippen LogP contribution in [0.4, 0.5) is 0 Å². The molecule has 130 valence electrons. The van der Waals surface area contributed by atoms with Crippen molar-refractivity contribution in [3.05, 3.63) is 46.6 Å². The van der Waals surface area contributed by atoms with Gasteiger partial charge < -0.3 is 15.0 Å². The van der Waals surface area contributed by atoms with Crippen molar-refractivity contribution in [1.82, 2.24) is 10.1 Å². The summed E-state index contributed by atoms with van der Waals surface area (Å²) >= 11 is 5.99. The van der Waals surface area contributed by atoms with E-state index >= 15 is 0 Å². The van der Waals surface area contributed by atoms with Crippen LogP contribution in [0.2, 0.25) is 5.02 Å². The van der Waals surface area contributed by atoms with E-state index in [9.17, 15) is 0 Å². The van der Waals surface area contributed by atoms with Gasteiger partial charge in [-0.15, -0.1) is 0 Å². The number of ether oxygens (including phenoxy) is 1. The van der Waals surface area contributed by atoms with Crippen molar-refractivity contribution < 1.29 is 9.26 Å². The maximum atomic E-state index is 6.28. The first-order valence-electron chi connectivity index (χ1n) is 8.30. The Labute approximate surface area is 147 Å². The molecule has 2 N–H and O–H groups in total. The molecular weight excluding hydrogens is 326 g/mol. The first kappa shape index (κ1) is 17.4. The Bertz CT molecular complexity index is 689. The molecule has 0 spiro atoms. The highest BCUT2D eigenvalue weighted by Crippen LogP contribution is 2.38. The average molecular weight is 350 g/mol. The van der Waals surface area contributed by atoms with E-state index in [0.717, 1.165) is 18.4 Å². The molecule has 1 aromatic carbocycles. The molecule has 1 aromatic heterocycles. The van der Waals surface area contributed by atoms with E-state index in [1.54, 1.807) is 0 Å². The number of hydrogen-bond donors (Lipinski definition) is 1. The molecule has 1 fully saturated rings. The molecule has 1 unspecified atom stereocenters. The van der Waals surface area contributed by atoms with E-state index in [1.807, 2.05) is 31.2 Å². The maximum Gasteiger partial charge on any atom is 0.234 e. The number of nitrogens with zero attached hydrogens (tertiary/aromatic N) is 2. The van der Waals surface area contributed by atoms with Gasteiger partial charge in [0.1, 0.15) is 0 Å². The number of halogens is 1. The minimum Gasteiger partial charge on any atom is -0.381 e. The van der Waals surface area contributed by atoms with Gasteiger partial charge in [0, 0.05) is 24.3 Å². The van der Waals surface area contributed by atoms with Crippen molar-refractivity contribution in [1.29, 1.82) is 0 Å². The minimum atomic E-state index is -0.378. The highest BCUT2D eigenvalue weighted by atomic mass is 35.5. The van der Waals surface area contributed by atoms with Crippen LogP contribution >= 0.6 is 11.6 Å². The lowest BCUT2D eigenvalue weighted by Crippen LogP contribution is -2.47. The fourth-order valence-corrected chi connectivity index (χ4v) is 3.40. The van der Waals surface area contributed by atoms with Crippen LogP contribution in [0.15, 0.2) is 28.8 Å². The van der Waals surface area contributed by atoms with E-state index in [0.29, 0.717) is 30.0 Å². The van der Waals surface area contributed by atoms with Crippen molar-refractivity contribution in [2.45, 2.75) is 50.5 Å². The summed E-state index contributed by atoms with van der Waals surface area (Å²) in [6, 6.07) is 7.67. The Kier molecular flexibility index (Phi) is 4.69. The van der Waals surface area contributed by atoms with Gasteiger partial charge in [-0.3, -0.25) is 0 Å². The molecule has 2 aromatic rings. The van der Waals surface area contributed by atoms with Crippen molar-refractivity contribution in [2.75, 3.05) is 13.2 Å². The third-order valence-electron chi connectivity index (χ3n) is 5.23. The SMILES string of the molecule is CC(N)C1(c2nc(C(C)(C)c3ccc(Cl)cc3)no2)CCOCC1. The fourth-order valence-electron chi connectivity index (χ4n) is 3.27. The van der Waals surface area contributed by atoms with Crippen LogP contribution in [-0.4, -0.2) is 29.4 Å². The van der Waals surface area contributed by atoms with Gasteiger partial charge in [0.2, 0.25) is 5.89 Å². The van der Waals surface area contributed by atoms with Gasteiger partial charge in [-0.1, -0.05) is 28.9 Å². The summed E-state index contributed by atoms with van der Waals surface area (Å²) in [6.45, 7) is 7.49. The molecule has 1 atom stereocenters. The van der Waals surface area contributed by atoms with Crippen molar-refractivity contribution >= 4 is 11.6 Å². The van der Waals surface area contributed by atoms with Crippen molar-refractivity contribution in [3.63, 3.8) is 0 Å². The van der Waals surface area contributed by atoms with Crippen molar-refractivity contribution in [3.8, 4) is 0 Å². The molecule has 0 bridgehead atoms. The number of aromatic nitrogens is 2. The normalized spacial score (nSPS) is 19.2. The van der Waals surface area contributed by atoms with Crippen LogP contribution < -0.4 is 5.73 Å². The predicted octanol–water partition coefficient (Wildman–Crippen LogP) is 3.44. The second-order valence-electron chi connectivity index (χ2n) is 7.11. The third kappa shape index (κ3) is 2.96. The van der Waals surface area contributed by atoms with Gasteiger partial charge in [-0.05, 0) is 51.3 Å². The summed E-state index contributed by atoms with van der Waals surface area (Å²) in [5.41, 5.74) is 6.68. The van der Waals surface area contributed by atoms with E-state index in [4.69, 9.17) is 31.6 Å². The molecule has 5 nitrogen and oxygen atoms in total. The molecule has 6 heteroatoms. The Morgan fingerprint density at radius 1 is 1.21 bits per heavy atom. The van der Waals surface area contributed by atoms with Crippen LogP contribution in [0.5, 0.6) is 0 Å². The van der Waals surface area contributed by atoms with Crippen LogP contribution in [0, 0.1) is 0 Å². The first-order chi connectivity index (χ1) is 11.4. The Morgan fingerprint density at radius 3 is 2.42 bits per heavy atom. The van der Waals surface area contributed by atoms with E-state index in [-0.39, 0.29) is 16.9 Å². The predicted molar refractivity (Wildman–Crippen MR) is 93.3 cm³/mol. The zero-order valence-corrected chi connectivity index (χ0v) is 15.1. The number of benzene rings is 1. The topological polar surface area (TPSA) is 74.2 Å². The van der Waals surface area contributed by atoms with E-state index < -0.39 is 0 Å². The maximum absolute atomic E-state index is 6.28. The summed E-state index contributed by atoms with van der Waals surface area (Å²) in [5.74, 6) is 1.28. The molecule has 1 saturated heterocycles.